The van der Waals surface area contributed by atoms with Gasteiger partial charge in [0.2, 0.25) is 5.91 Å². The van der Waals surface area contributed by atoms with E-state index in [4.69, 9.17) is 23.2 Å². The summed E-state index contributed by atoms with van der Waals surface area (Å²) in [6.07, 6.45) is 0.983. The second kappa shape index (κ2) is 6.02. The first-order valence-electron chi connectivity index (χ1n) is 6.50. The SMILES string of the molecule is CCC1Nc2cc(Cl)c(Cl)cc2N(CCC(C)=O)C1=O. The highest BCUT2D eigenvalue weighted by atomic mass is 35.5. The standard InChI is InChI=1S/C14H16Cl2N2O2/c1-3-11-14(20)18(5-4-8(2)19)13-7-10(16)9(15)6-12(13)17-11/h6-7,11,17H,3-5H2,1-2H3. The largest absolute Gasteiger partial charge is 0.372 e. The Bertz CT molecular complexity index is 560. The van der Waals surface area contributed by atoms with Crippen molar-refractivity contribution in [3.05, 3.63) is 22.2 Å². The molecule has 1 aromatic rings. The van der Waals surface area contributed by atoms with Gasteiger partial charge in [0.05, 0.1) is 21.4 Å². The molecule has 20 heavy (non-hydrogen) atoms. The molecule has 0 saturated carbocycles. The maximum absolute atomic E-state index is 12.4. The highest BCUT2D eigenvalue weighted by Crippen LogP contribution is 2.38. The van der Waals surface area contributed by atoms with Gasteiger partial charge in [-0.3, -0.25) is 9.59 Å². The number of benzene rings is 1. The van der Waals surface area contributed by atoms with Crippen molar-refractivity contribution in [3.63, 3.8) is 0 Å². The third kappa shape index (κ3) is 2.91. The molecule has 108 valence electrons. The van der Waals surface area contributed by atoms with Crippen molar-refractivity contribution in [2.75, 3.05) is 16.8 Å². The van der Waals surface area contributed by atoms with Gasteiger partial charge in [-0.1, -0.05) is 30.1 Å². The van der Waals surface area contributed by atoms with Crippen molar-refractivity contribution in [2.24, 2.45) is 0 Å². The number of nitrogens with one attached hydrogen (secondary N) is 1. The minimum absolute atomic E-state index is 0.0420. The first-order valence-corrected chi connectivity index (χ1v) is 7.26. The smallest absolute Gasteiger partial charge is 0.249 e. The molecule has 6 heteroatoms. The Kier molecular flexibility index (Phi) is 4.55. The van der Waals surface area contributed by atoms with E-state index in [2.05, 4.69) is 5.32 Å². The number of carbonyl (C=O) groups excluding carboxylic acids is 2. The normalized spacial score (nSPS) is 17.7. The van der Waals surface area contributed by atoms with E-state index in [0.29, 0.717) is 35.1 Å². The molecule has 1 N–H and O–H groups in total. The minimum atomic E-state index is -0.299. The molecule has 1 amide bonds. The van der Waals surface area contributed by atoms with Crippen LogP contribution in [0.4, 0.5) is 11.4 Å². The molecular formula is C14H16Cl2N2O2. The Hall–Kier alpha value is -1.26. The van der Waals surface area contributed by atoms with Gasteiger partial charge in [-0.05, 0) is 25.5 Å². The first-order chi connectivity index (χ1) is 9.43. The van der Waals surface area contributed by atoms with Crippen molar-refractivity contribution in [1.29, 1.82) is 0 Å². The van der Waals surface area contributed by atoms with Gasteiger partial charge in [-0.15, -0.1) is 0 Å². The number of carbonyl (C=O) groups is 2. The number of hydrogen-bond acceptors (Lipinski definition) is 3. The van der Waals surface area contributed by atoms with E-state index in [9.17, 15) is 9.59 Å². The molecule has 0 aromatic heterocycles. The lowest BCUT2D eigenvalue weighted by Gasteiger charge is -2.35. The summed E-state index contributed by atoms with van der Waals surface area (Å²) in [5, 5.41) is 3.99. The van der Waals surface area contributed by atoms with Crippen LogP contribution in [0, 0.1) is 0 Å². The maximum atomic E-state index is 12.4. The van der Waals surface area contributed by atoms with Crippen LogP contribution in [0.1, 0.15) is 26.7 Å². The van der Waals surface area contributed by atoms with E-state index >= 15 is 0 Å². The summed E-state index contributed by atoms with van der Waals surface area (Å²) in [6, 6.07) is 3.08. The zero-order valence-electron chi connectivity index (χ0n) is 11.4. The average Bonchev–Trinajstić information content (AvgIpc) is 2.39. The fourth-order valence-electron chi connectivity index (χ4n) is 2.21. The number of Topliss-reactive ketones (excluding diaryl/α,β-unsaturated/α-hetero) is 1. The zero-order chi connectivity index (χ0) is 14.9. The number of rotatable bonds is 4. The molecule has 1 aromatic carbocycles. The fourth-order valence-corrected chi connectivity index (χ4v) is 2.53. The van der Waals surface area contributed by atoms with Gasteiger partial charge in [0.25, 0.3) is 0 Å². The predicted octanol–water partition coefficient (Wildman–Crippen LogP) is 3.51. The molecule has 0 bridgehead atoms. The van der Waals surface area contributed by atoms with E-state index in [1.54, 1.807) is 17.0 Å². The second-order valence-corrected chi connectivity index (χ2v) is 5.64. The van der Waals surface area contributed by atoms with E-state index < -0.39 is 0 Å². The summed E-state index contributed by atoms with van der Waals surface area (Å²) in [5.41, 5.74) is 1.45. The molecule has 1 atom stereocenters. The number of nitrogens with zero attached hydrogens (tertiary/aromatic N) is 1. The fraction of sp³-hybridized carbons (Fsp3) is 0.429. The predicted molar refractivity (Wildman–Crippen MR) is 81.8 cm³/mol. The Balaban J connectivity index is 2.41. The summed E-state index contributed by atoms with van der Waals surface area (Å²) in [7, 11) is 0. The lowest BCUT2D eigenvalue weighted by Crippen LogP contribution is -2.47. The van der Waals surface area contributed by atoms with Gasteiger partial charge >= 0.3 is 0 Å². The van der Waals surface area contributed by atoms with Crippen LogP contribution >= 0.6 is 23.2 Å². The lowest BCUT2D eigenvalue weighted by molar-refractivity contribution is -0.119. The van der Waals surface area contributed by atoms with Crippen molar-refractivity contribution in [3.8, 4) is 0 Å². The monoisotopic (exact) mass is 314 g/mol. The van der Waals surface area contributed by atoms with E-state index in [1.807, 2.05) is 6.92 Å². The molecule has 0 fully saturated rings. The van der Waals surface area contributed by atoms with Gasteiger partial charge < -0.3 is 10.2 Å². The topological polar surface area (TPSA) is 49.4 Å². The first kappa shape index (κ1) is 15.1. The summed E-state index contributed by atoms with van der Waals surface area (Å²) in [5.74, 6) is 0.00521. The minimum Gasteiger partial charge on any atom is -0.372 e. The summed E-state index contributed by atoms with van der Waals surface area (Å²) in [6.45, 7) is 3.80. The Labute approximate surface area is 128 Å². The lowest BCUT2D eigenvalue weighted by atomic mass is 10.1. The number of ketones is 1. The third-order valence-corrected chi connectivity index (χ3v) is 4.04. The van der Waals surface area contributed by atoms with Crippen LogP contribution in [0.25, 0.3) is 0 Å². The van der Waals surface area contributed by atoms with Crippen LogP contribution in [0.2, 0.25) is 10.0 Å². The molecule has 0 saturated heterocycles. The van der Waals surface area contributed by atoms with Crippen LogP contribution in [0.5, 0.6) is 0 Å². The van der Waals surface area contributed by atoms with E-state index in [0.717, 1.165) is 5.69 Å². The van der Waals surface area contributed by atoms with Crippen LogP contribution < -0.4 is 10.2 Å². The molecule has 1 unspecified atom stereocenters. The van der Waals surface area contributed by atoms with Crippen molar-refractivity contribution in [2.45, 2.75) is 32.7 Å². The van der Waals surface area contributed by atoms with Gasteiger partial charge in [0.1, 0.15) is 11.8 Å². The number of fused-ring (bicyclic) bond motifs is 1. The van der Waals surface area contributed by atoms with E-state index in [1.165, 1.54) is 6.92 Å². The molecular weight excluding hydrogens is 299 g/mol. The van der Waals surface area contributed by atoms with Crippen LogP contribution in [0.15, 0.2) is 12.1 Å². The Morgan fingerprint density at radius 2 is 2.00 bits per heavy atom. The molecule has 0 radical (unpaired) electrons. The van der Waals surface area contributed by atoms with Crippen LogP contribution in [-0.2, 0) is 9.59 Å². The highest BCUT2D eigenvalue weighted by molar-refractivity contribution is 6.42. The molecule has 4 nitrogen and oxygen atoms in total. The van der Waals surface area contributed by atoms with Crippen LogP contribution in [0.3, 0.4) is 0 Å². The van der Waals surface area contributed by atoms with Gasteiger partial charge in [0, 0.05) is 13.0 Å². The second-order valence-electron chi connectivity index (χ2n) is 4.83. The average molecular weight is 315 g/mol. The molecule has 2 rings (SSSR count). The van der Waals surface area contributed by atoms with Crippen molar-refractivity contribution < 1.29 is 9.59 Å². The van der Waals surface area contributed by atoms with Gasteiger partial charge in [-0.25, -0.2) is 0 Å². The zero-order valence-corrected chi connectivity index (χ0v) is 12.9. The Morgan fingerprint density at radius 1 is 1.35 bits per heavy atom. The van der Waals surface area contributed by atoms with Crippen molar-refractivity contribution in [1.82, 2.24) is 0 Å². The van der Waals surface area contributed by atoms with E-state index in [-0.39, 0.29) is 17.7 Å². The number of halogens is 2. The molecule has 1 aliphatic rings. The summed E-state index contributed by atoms with van der Waals surface area (Å²) in [4.78, 5) is 25.2. The van der Waals surface area contributed by atoms with Gasteiger partial charge in [-0.2, -0.15) is 0 Å². The molecule has 1 heterocycles. The molecule has 0 spiro atoms. The number of anilines is 2. The molecule has 1 aliphatic heterocycles. The Morgan fingerprint density at radius 3 is 2.60 bits per heavy atom. The summed E-state index contributed by atoms with van der Waals surface area (Å²) >= 11 is 12.0. The van der Waals surface area contributed by atoms with Gasteiger partial charge in [0.15, 0.2) is 0 Å². The highest BCUT2D eigenvalue weighted by Gasteiger charge is 2.31. The van der Waals surface area contributed by atoms with Crippen LogP contribution in [-0.4, -0.2) is 24.3 Å². The number of hydrogen-bond donors (Lipinski definition) is 1. The van der Waals surface area contributed by atoms with Crippen molar-refractivity contribution >= 4 is 46.3 Å². The molecule has 0 aliphatic carbocycles. The quantitative estimate of drug-likeness (QED) is 0.925. The summed E-state index contributed by atoms with van der Waals surface area (Å²) < 4.78 is 0. The maximum Gasteiger partial charge on any atom is 0.249 e. The number of amides is 1. The third-order valence-electron chi connectivity index (χ3n) is 3.32.